The summed E-state index contributed by atoms with van der Waals surface area (Å²) in [5.41, 5.74) is 1.74. The topological polar surface area (TPSA) is 52.6 Å². The van der Waals surface area contributed by atoms with E-state index in [1.54, 1.807) is 19.9 Å². The maximum Gasteiger partial charge on any atom is 0.320 e. The van der Waals surface area contributed by atoms with Crippen LogP contribution in [0.2, 0.25) is 5.02 Å². The molecule has 0 fully saturated rings. The van der Waals surface area contributed by atoms with Crippen molar-refractivity contribution < 1.29 is 19.1 Å². The van der Waals surface area contributed by atoms with Crippen LogP contribution in [-0.4, -0.2) is 25.2 Å². The third-order valence-corrected chi connectivity index (χ3v) is 3.13. The lowest BCUT2D eigenvalue weighted by Gasteiger charge is -2.15. The molecule has 1 rings (SSSR count). The molecular formula is C15H19ClO4. The smallest absolute Gasteiger partial charge is 0.320 e. The molecule has 0 N–H and O–H groups in total. The number of carbonyl (C=O) groups is 2. The molecule has 0 aliphatic heterocycles. The third-order valence-electron chi connectivity index (χ3n) is 2.77. The minimum atomic E-state index is -0.977. The Morgan fingerprint density at radius 3 is 2.15 bits per heavy atom. The van der Waals surface area contributed by atoms with Crippen LogP contribution < -0.4 is 0 Å². The fourth-order valence-electron chi connectivity index (χ4n) is 1.79. The van der Waals surface area contributed by atoms with E-state index < -0.39 is 17.9 Å². The van der Waals surface area contributed by atoms with E-state index in [0.29, 0.717) is 5.02 Å². The van der Waals surface area contributed by atoms with Crippen molar-refractivity contribution in [3.05, 3.63) is 34.3 Å². The van der Waals surface area contributed by atoms with Crippen molar-refractivity contribution in [2.75, 3.05) is 13.2 Å². The Morgan fingerprint density at radius 1 is 1.15 bits per heavy atom. The molecule has 1 aromatic rings. The van der Waals surface area contributed by atoms with Crippen LogP contribution in [0, 0.1) is 12.8 Å². The van der Waals surface area contributed by atoms with Crippen LogP contribution in [0.5, 0.6) is 0 Å². The van der Waals surface area contributed by atoms with Crippen molar-refractivity contribution in [3.8, 4) is 0 Å². The molecule has 0 amide bonds. The molecule has 0 radical (unpaired) electrons. The predicted molar refractivity (Wildman–Crippen MR) is 76.6 cm³/mol. The number of aryl methyl sites for hydroxylation is 1. The second-order valence-corrected chi connectivity index (χ2v) is 4.76. The fourth-order valence-corrected chi connectivity index (χ4v) is 2.10. The van der Waals surface area contributed by atoms with E-state index in [2.05, 4.69) is 0 Å². The van der Waals surface area contributed by atoms with Gasteiger partial charge in [-0.05, 0) is 44.4 Å². The molecule has 0 spiro atoms. The summed E-state index contributed by atoms with van der Waals surface area (Å²) in [7, 11) is 0. The Hall–Kier alpha value is -1.55. The Morgan fingerprint density at radius 2 is 1.70 bits per heavy atom. The van der Waals surface area contributed by atoms with Gasteiger partial charge in [0.2, 0.25) is 0 Å². The molecular weight excluding hydrogens is 280 g/mol. The number of rotatable bonds is 6. The zero-order chi connectivity index (χ0) is 15.1. The Kier molecular flexibility index (Phi) is 6.52. The van der Waals surface area contributed by atoms with Crippen molar-refractivity contribution in [2.24, 2.45) is 5.92 Å². The van der Waals surface area contributed by atoms with Gasteiger partial charge in [0, 0.05) is 5.02 Å². The molecule has 110 valence electrons. The average molecular weight is 299 g/mol. The highest BCUT2D eigenvalue weighted by Gasteiger charge is 2.30. The molecule has 1 aromatic carbocycles. The van der Waals surface area contributed by atoms with Crippen LogP contribution in [0.3, 0.4) is 0 Å². The summed E-state index contributed by atoms with van der Waals surface area (Å²) in [6, 6.07) is 5.49. The molecule has 0 atom stereocenters. The second kappa shape index (κ2) is 7.90. The average Bonchev–Trinajstić information content (AvgIpc) is 2.38. The van der Waals surface area contributed by atoms with Crippen LogP contribution >= 0.6 is 11.6 Å². The summed E-state index contributed by atoms with van der Waals surface area (Å²) < 4.78 is 9.85. The van der Waals surface area contributed by atoms with Gasteiger partial charge in [0.25, 0.3) is 0 Å². The standard InChI is InChI=1S/C15H19ClO4/c1-4-19-14(17)12(15(18)20-5-2)9-11-7-6-10(3)8-13(11)16/h6-8,12H,4-5,9H2,1-3H3. The van der Waals surface area contributed by atoms with Crippen LogP contribution in [0.15, 0.2) is 18.2 Å². The van der Waals surface area contributed by atoms with Gasteiger partial charge < -0.3 is 9.47 Å². The predicted octanol–water partition coefficient (Wildman–Crippen LogP) is 2.93. The van der Waals surface area contributed by atoms with E-state index in [0.717, 1.165) is 11.1 Å². The van der Waals surface area contributed by atoms with Gasteiger partial charge in [-0.25, -0.2) is 0 Å². The summed E-state index contributed by atoms with van der Waals surface area (Å²) in [4.78, 5) is 23.8. The second-order valence-electron chi connectivity index (χ2n) is 4.36. The summed E-state index contributed by atoms with van der Waals surface area (Å²) in [6.45, 7) is 5.74. The lowest BCUT2D eigenvalue weighted by Crippen LogP contribution is -2.30. The van der Waals surface area contributed by atoms with E-state index in [1.807, 2.05) is 19.1 Å². The van der Waals surface area contributed by atoms with Crippen LogP contribution in [-0.2, 0) is 25.5 Å². The molecule has 0 saturated heterocycles. The summed E-state index contributed by atoms with van der Waals surface area (Å²) in [5.74, 6) is -2.14. The van der Waals surface area contributed by atoms with Crippen molar-refractivity contribution >= 4 is 23.5 Å². The maximum atomic E-state index is 11.9. The van der Waals surface area contributed by atoms with E-state index in [1.165, 1.54) is 0 Å². The quantitative estimate of drug-likeness (QED) is 0.598. The van der Waals surface area contributed by atoms with Gasteiger partial charge in [-0.15, -0.1) is 0 Å². The molecule has 0 aliphatic carbocycles. The number of carbonyl (C=O) groups excluding carboxylic acids is 2. The van der Waals surface area contributed by atoms with Crippen LogP contribution in [0.1, 0.15) is 25.0 Å². The minimum Gasteiger partial charge on any atom is -0.465 e. The first kappa shape index (κ1) is 16.5. The molecule has 4 nitrogen and oxygen atoms in total. The normalized spacial score (nSPS) is 10.4. The zero-order valence-corrected chi connectivity index (χ0v) is 12.7. The number of esters is 2. The van der Waals surface area contributed by atoms with Gasteiger partial charge in [-0.3, -0.25) is 9.59 Å². The highest BCUT2D eigenvalue weighted by Crippen LogP contribution is 2.22. The van der Waals surface area contributed by atoms with Crippen LogP contribution in [0.25, 0.3) is 0 Å². The van der Waals surface area contributed by atoms with Crippen molar-refractivity contribution in [2.45, 2.75) is 27.2 Å². The SMILES string of the molecule is CCOC(=O)C(Cc1ccc(C)cc1Cl)C(=O)OCC. The largest absolute Gasteiger partial charge is 0.465 e. The van der Waals surface area contributed by atoms with Gasteiger partial charge in [-0.1, -0.05) is 23.7 Å². The van der Waals surface area contributed by atoms with Gasteiger partial charge in [0.1, 0.15) is 0 Å². The lowest BCUT2D eigenvalue weighted by atomic mass is 9.98. The Labute approximate surface area is 124 Å². The summed E-state index contributed by atoms with van der Waals surface area (Å²) >= 11 is 6.13. The molecule has 0 unspecified atom stereocenters. The van der Waals surface area contributed by atoms with Gasteiger partial charge in [0.15, 0.2) is 5.92 Å². The van der Waals surface area contributed by atoms with Gasteiger partial charge in [-0.2, -0.15) is 0 Å². The van der Waals surface area contributed by atoms with Crippen LogP contribution in [0.4, 0.5) is 0 Å². The molecule has 5 heteroatoms. The van der Waals surface area contributed by atoms with E-state index in [-0.39, 0.29) is 19.6 Å². The van der Waals surface area contributed by atoms with E-state index in [9.17, 15) is 9.59 Å². The van der Waals surface area contributed by atoms with Crippen molar-refractivity contribution in [1.29, 1.82) is 0 Å². The molecule has 20 heavy (non-hydrogen) atoms. The highest BCUT2D eigenvalue weighted by molar-refractivity contribution is 6.31. The molecule has 0 bridgehead atoms. The molecule has 0 aromatic heterocycles. The van der Waals surface area contributed by atoms with Crippen molar-refractivity contribution in [3.63, 3.8) is 0 Å². The maximum absolute atomic E-state index is 11.9. The van der Waals surface area contributed by atoms with E-state index in [4.69, 9.17) is 21.1 Å². The van der Waals surface area contributed by atoms with E-state index >= 15 is 0 Å². The number of benzene rings is 1. The first-order chi connectivity index (χ1) is 9.49. The van der Waals surface area contributed by atoms with Gasteiger partial charge >= 0.3 is 11.9 Å². The first-order valence-electron chi connectivity index (χ1n) is 6.57. The van der Waals surface area contributed by atoms with Gasteiger partial charge in [0.05, 0.1) is 13.2 Å². The lowest BCUT2D eigenvalue weighted by molar-refractivity contribution is -0.161. The fraction of sp³-hybridized carbons (Fsp3) is 0.467. The monoisotopic (exact) mass is 298 g/mol. The number of halogens is 1. The molecule has 0 aliphatic rings. The first-order valence-corrected chi connectivity index (χ1v) is 6.95. The Bertz CT molecular complexity index is 467. The molecule has 0 heterocycles. The van der Waals surface area contributed by atoms with Crippen molar-refractivity contribution in [1.82, 2.24) is 0 Å². The minimum absolute atomic E-state index is 0.177. The number of hydrogen-bond donors (Lipinski definition) is 0. The zero-order valence-electron chi connectivity index (χ0n) is 11.9. The highest BCUT2D eigenvalue weighted by atomic mass is 35.5. The number of hydrogen-bond acceptors (Lipinski definition) is 4. The molecule has 0 saturated carbocycles. The summed E-state index contributed by atoms with van der Waals surface area (Å²) in [6.07, 6.45) is 0.177. The third kappa shape index (κ3) is 4.53. The number of ether oxygens (including phenoxy) is 2. The summed E-state index contributed by atoms with van der Waals surface area (Å²) in [5, 5.41) is 0.531. The Balaban J connectivity index is 2.93.